The zero-order valence-electron chi connectivity index (χ0n) is 13.5. The van der Waals surface area contributed by atoms with Gasteiger partial charge in [0.2, 0.25) is 0 Å². The molecule has 128 valence electrons. The van der Waals surface area contributed by atoms with Crippen molar-refractivity contribution in [3.05, 3.63) is 40.8 Å². The first kappa shape index (κ1) is 18.3. The average molecular weight is 367 g/mol. The fraction of sp³-hybridized carbons (Fsp3) is 0.294. The van der Waals surface area contributed by atoms with Gasteiger partial charge in [-0.15, -0.1) is 22.9 Å². The third-order valence-corrected chi connectivity index (χ3v) is 4.29. The zero-order valence-corrected chi connectivity index (χ0v) is 15.1. The van der Waals surface area contributed by atoms with E-state index in [4.69, 9.17) is 16.3 Å². The first-order valence-corrected chi connectivity index (χ1v) is 8.94. The van der Waals surface area contributed by atoms with Gasteiger partial charge in [-0.05, 0) is 19.4 Å². The van der Waals surface area contributed by atoms with Crippen LogP contribution in [0.4, 0.5) is 9.80 Å². The zero-order chi connectivity index (χ0) is 17.5. The van der Waals surface area contributed by atoms with Crippen molar-refractivity contribution < 1.29 is 14.3 Å². The van der Waals surface area contributed by atoms with Crippen molar-refractivity contribution in [2.24, 2.45) is 0 Å². The Hall–Kier alpha value is -2.05. The molecule has 1 aromatic carbocycles. The summed E-state index contributed by atoms with van der Waals surface area (Å²) in [4.78, 5) is 24.3. The number of hydrogen-bond acceptors (Lipinski definition) is 4. The monoisotopic (exact) mass is 366 g/mol. The number of esters is 1. The highest BCUT2D eigenvalue weighted by atomic mass is 35.5. The largest absolute Gasteiger partial charge is 0.462 e. The number of anilines is 1. The van der Waals surface area contributed by atoms with E-state index in [0.29, 0.717) is 23.0 Å². The lowest BCUT2D eigenvalue weighted by Crippen LogP contribution is -2.30. The van der Waals surface area contributed by atoms with Crippen LogP contribution in [0.5, 0.6) is 0 Å². The summed E-state index contributed by atoms with van der Waals surface area (Å²) >= 11 is 6.84. The number of halogens is 1. The van der Waals surface area contributed by atoms with E-state index in [2.05, 4.69) is 10.6 Å². The highest BCUT2D eigenvalue weighted by Crippen LogP contribution is 2.36. The summed E-state index contributed by atoms with van der Waals surface area (Å²) in [7, 11) is 0. The third-order valence-electron chi connectivity index (χ3n) is 3.21. The SMILES string of the molecule is CCOC(=O)c1c(-c2cccc(C)c2)csc1NC(=O)NCCCl. The van der Waals surface area contributed by atoms with Crippen LogP contribution in [0.15, 0.2) is 29.6 Å². The minimum atomic E-state index is -0.456. The van der Waals surface area contributed by atoms with E-state index in [1.807, 2.05) is 36.6 Å². The van der Waals surface area contributed by atoms with Gasteiger partial charge in [-0.1, -0.05) is 29.8 Å². The smallest absolute Gasteiger partial charge is 0.341 e. The normalized spacial score (nSPS) is 10.3. The maximum absolute atomic E-state index is 12.4. The van der Waals surface area contributed by atoms with Gasteiger partial charge in [0.1, 0.15) is 10.6 Å². The van der Waals surface area contributed by atoms with Gasteiger partial charge in [-0.2, -0.15) is 0 Å². The predicted octanol–water partition coefficient (Wildman–Crippen LogP) is 4.26. The number of alkyl halides is 1. The summed E-state index contributed by atoms with van der Waals surface area (Å²) in [5.74, 6) is -0.139. The molecular weight excluding hydrogens is 348 g/mol. The molecule has 2 amide bonds. The van der Waals surface area contributed by atoms with Crippen LogP contribution in [0.3, 0.4) is 0 Å². The van der Waals surface area contributed by atoms with Crippen LogP contribution in [0, 0.1) is 6.92 Å². The van der Waals surface area contributed by atoms with Gasteiger partial charge in [-0.3, -0.25) is 5.32 Å². The minimum Gasteiger partial charge on any atom is -0.462 e. The van der Waals surface area contributed by atoms with Crippen LogP contribution in [0.25, 0.3) is 11.1 Å². The van der Waals surface area contributed by atoms with Crippen LogP contribution in [-0.2, 0) is 4.74 Å². The summed E-state index contributed by atoms with van der Waals surface area (Å²) in [6, 6.07) is 7.42. The van der Waals surface area contributed by atoms with Crippen molar-refractivity contribution in [3.63, 3.8) is 0 Å². The Bertz CT molecular complexity index is 730. The molecule has 2 rings (SSSR count). The van der Waals surface area contributed by atoms with Crippen molar-refractivity contribution in [3.8, 4) is 11.1 Å². The topological polar surface area (TPSA) is 67.4 Å². The van der Waals surface area contributed by atoms with Crippen molar-refractivity contribution in [1.82, 2.24) is 5.32 Å². The van der Waals surface area contributed by atoms with Crippen LogP contribution in [-0.4, -0.2) is 31.0 Å². The number of hydrogen-bond donors (Lipinski definition) is 2. The lowest BCUT2D eigenvalue weighted by atomic mass is 10.0. The van der Waals surface area contributed by atoms with Crippen molar-refractivity contribution in [2.45, 2.75) is 13.8 Å². The molecule has 0 bridgehead atoms. The maximum atomic E-state index is 12.4. The van der Waals surface area contributed by atoms with Gasteiger partial charge < -0.3 is 10.1 Å². The molecule has 0 radical (unpaired) electrons. The average Bonchev–Trinajstić information content (AvgIpc) is 2.96. The molecule has 2 N–H and O–H groups in total. The van der Waals surface area contributed by atoms with Crippen LogP contribution < -0.4 is 10.6 Å². The summed E-state index contributed by atoms with van der Waals surface area (Å²) in [5, 5.41) is 7.61. The molecule has 2 aromatic rings. The summed E-state index contributed by atoms with van der Waals surface area (Å²) in [6.07, 6.45) is 0. The van der Waals surface area contributed by atoms with Gasteiger partial charge in [0.05, 0.1) is 6.61 Å². The number of ether oxygens (including phenoxy) is 1. The van der Waals surface area contributed by atoms with Gasteiger partial charge in [0.25, 0.3) is 0 Å². The molecule has 0 aliphatic rings. The molecule has 0 aliphatic carbocycles. The molecule has 5 nitrogen and oxygen atoms in total. The van der Waals surface area contributed by atoms with E-state index in [1.165, 1.54) is 11.3 Å². The lowest BCUT2D eigenvalue weighted by molar-refractivity contribution is 0.0529. The van der Waals surface area contributed by atoms with Crippen molar-refractivity contribution in [1.29, 1.82) is 0 Å². The number of rotatable bonds is 6. The highest BCUT2D eigenvalue weighted by Gasteiger charge is 2.22. The molecule has 0 saturated carbocycles. The second-order valence-electron chi connectivity index (χ2n) is 5.01. The number of amides is 2. The molecule has 7 heteroatoms. The second-order valence-corrected chi connectivity index (χ2v) is 6.27. The number of benzene rings is 1. The number of thiophene rings is 1. The molecule has 24 heavy (non-hydrogen) atoms. The Balaban J connectivity index is 2.38. The van der Waals surface area contributed by atoms with E-state index < -0.39 is 12.0 Å². The van der Waals surface area contributed by atoms with E-state index in [0.717, 1.165) is 16.7 Å². The number of aryl methyl sites for hydroxylation is 1. The lowest BCUT2D eigenvalue weighted by Gasteiger charge is -2.09. The Kier molecular flexibility index (Phi) is 6.63. The molecule has 0 atom stereocenters. The van der Waals surface area contributed by atoms with E-state index in [1.54, 1.807) is 6.92 Å². The van der Waals surface area contributed by atoms with Gasteiger partial charge >= 0.3 is 12.0 Å². The molecule has 0 spiro atoms. The highest BCUT2D eigenvalue weighted by molar-refractivity contribution is 7.15. The van der Waals surface area contributed by atoms with Gasteiger partial charge in [0.15, 0.2) is 0 Å². The third kappa shape index (κ3) is 4.49. The summed E-state index contributed by atoms with van der Waals surface area (Å²) in [5.41, 5.74) is 3.11. The fourth-order valence-electron chi connectivity index (χ4n) is 2.19. The predicted molar refractivity (Wildman–Crippen MR) is 98.2 cm³/mol. The maximum Gasteiger partial charge on any atom is 0.341 e. The van der Waals surface area contributed by atoms with Crippen LogP contribution in [0.2, 0.25) is 0 Å². The Labute approximate surface area is 150 Å². The Morgan fingerprint density at radius 3 is 2.79 bits per heavy atom. The summed E-state index contributed by atoms with van der Waals surface area (Å²) in [6.45, 7) is 4.34. The number of carbonyl (C=O) groups excluding carboxylic acids is 2. The fourth-order valence-corrected chi connectivity index (χ4v) is 3.24. The van der Waals surface area contributed by atoms with Crippen molar-refractivity contribution in [2.75, 3.05) is 24.3 Å². The van der Waals surface area contributed by atoms with Crippen molar-refractivity contribution >= 4 is 39.9 Å². The first-order valence-electron chi connectivity index (χ1n) is 7.53. The van der Waals surface area contributed by atoms with E-state index in [-0.39, 0.29) is 6.61 Å². The Morgan fingerprint density at radius 1 is 1.33 bits per heavy atom. The van der Waals surface area contributed by atoms with Gasteiger partial charge in [0, 0.05) is 23.4 Å². The molecule has 0 unspecified atom stereocenters. The Morgan fingerprint density at radius 2 is 2.12 bits per heavy atom. The number of carbonyl (C=O) groups is 2. The molecule has 1 aromatic heterocycles. The van der Waals surface area contributed by atoms with Gasteiger partial charge in [-0.25, -0.2) is 9.59 Å². The molecular formula is C17H19ClN2O3S. The second kappa shape index (κ2) is 8.70. The van der Waals surface area contributed by atoms with E-state index in [9.17, 15) is 9.59 Å². The summed E-state index contributed by atoms with van der Waals surface area (Å²) < 4.78 is 5.16. The number of nitrogens with one attached hydrogen (secondary N) is 2. The standard InChI is InChI=1S/C17H19ClN2O3S/c1-3-23-16(21)14-13(12-6-4-5-11(2)9-12)10-24-15(14)20-17(22)19-8-7-18/h4-6,9-10H,3,7-8H2,1-2H3,(H2,19,20,22). The van der Waals surface area contributed by atoms with Crippen LogP contribution >= 0.6 is 22.9 Å². The minimum absolute atomic E-state index is 0.264. The molecule has 0 aliphatic heterocycles. The first-order chi connectivity index (χ1) is 11.6. The molecule has 1 heterocycles. The quantitative estimate of drug-likeness (QED) is 0.593. The van der Waals surface area contributed by atoms with Crippen LogP contribution in [0.1, 0.15) is 22.8 Å². The molecule has 0 fully saturated rings. The number of urea groups is 1. The molecule has 0 saturated heterocycles. The van der Waals surface area contributed by atoms with E-state index >= 15 is 0 Å².